The molecule has 1 aliphatic carbocycles. The second-order valence-electron chi connectivity index (χ2n) is 4.59. The van der Waals surface area contributed by atoms with E-state index in [1.165, 1.54) is 18.4 Å². The molecule has 3 rings (SSSR count). The predicted molar refractivity (Wildman–Crippen MR) is 78.0 cm³/mol. The SMILES string of the molecule is Cc1nc(Br)cc(N(Cc2ccsc2)C2CC2)n1. The van der Waals surface area contributed by atoms with Crippen LogP contribution in [0.2, 0.25) is 0 Å². The summed E-state index contributed by atoms with van der Waals surface area (Å²) in [6.07, 6.45) is 2.54. The highest BCUT2D eigenvalue weighted by Gasteiger charge is 2.30. The lowest BCUT2D eigenvalue weighted by Gasteiger charge is -2.23. The number of aryl methyl sites for hydroxylation is 1. The summed E-state index contributed by atoms with van der Waals surface area (Å²) in [5.74, 6) is 1.85. The van der Waals surface area contributed by atoms with Crippen LogP contribution in [0.4, 0.5) is 5.82 Å². The molecule has 2 heterocycles. The van der Waals surface area contributed by atoms with Gasteiger partial charge in [0, 0.05) is 18.7 Å². The minimum atomic E-state index is 0.645. The summed E-state index contributed by atoms with van der Waals surface area (Å²) in [7, 11) is 0. The Balaban J connectivity index is 1.89. The Hall–Kier alpha value is -0.940. The molecule has 0 aliphatic heterocycles. The lowest BCUT2D eigenvalue weighted by Crippen LogP contribution is -2.26. The van der Waals surface area contributed by atoms with E-state index in [1.807, 2.05) is 13.0 Å². The zero-order valence-corrected chi connectivity index (χ0v) is 12.5. The number of hydrogen-bond donors (Lipinski definition) is 0. The number of rotatable bonds is 4. The molecule has 5 heteroatoms. The summed E-state index contributed by atoms with van der Waals surface area (Å²) in [6, 6.07) is 4.84. The van der Waals surface area contributed by atoms with Crippen molar-refractivity contribution in [1.82, 2.24) is 9.97 Å². The van der Waals surface area contributed by atoms with Crippen LogP contribution in [-0.2, 0) is 6.54 Å². The molecule has 18 heavy (non-hydrogen) atoms. The van der Waals surface area contributed by atoms with Gasteiger partial charge >= 0.3 is 0 Å². The van der Waals surface area contributed by atoms with Gasteiger partial charge in [-0.25, -0.2) is 9.97 Å². The number of nitrogens with zero attached hydrogens (tertiary/aromatic N) is 3. The Kier molecular flexibility index (Phi) is 3.35. The van der Waals surface area contributed by atoms with Crippen molar-refractivity contribution in [3.8, 4) is 0 Å². The summed E-state index contributed by atoms with van der Waals surface area (Å²) in [4.78, 5) is 11.2. The maximum absolute atomic E-state index is 4.56. The fraction of sp³-hybridized carbons (Fsp3) is 0.385. The smallest absolute Gasteiger partial charge is 0.133 e. The summed E-state index contributed by atoms with van der Waals surface area (Å²) >= 11 is 5.20. The fourth-order valence-corrected chi connectivity index (χ4v) is 3.15. The Labute approximate surface area is 119 Å². The van der Waals surface area contributed by atoms with Gasteiger partial charge < -0.3 is 4.90 Å². The maximum atomic E-state index is 4.56. The number of halogens is 1. The Morgan fingerprint density at radius 2 is 2.28 bits per heavy atom. The second-order valence-corrected chi connectivity index (χ2v) is 6.18. The molecule has 0 spiro atoms. The van der Waals surface area contributed by atoms with Crippen molar-refractivity contribution < 1.29 is 0 Å². The molecule has 1 saturated carbocycles. The van der Waals surface area contributed by atoms with Gasteiger partial charge in [0.2, 0.25) is 0 Å². The average Bonchev–Trinajstić information content (AvgIpc) is 3.02. The maximum Gasteiger partial charge on any atom is 0.133 e. The van der Waals surface area contributed by atoms with Crippen LogP contribution in [0, 0.1) is 6.92 Å². The Morgan fingerprint density at radius 3 is 2.89 bits per heavy atom. The molecule has 0 saturated heterocycles. The lowest BCUT2D eigenvalue weighted by molar-refractivity contribution is 0.771. The van der Waals surface area contributed by atoms with Gasteiger partial charge in [-0.15, -0.1) is 0 Å². The van der Waals surface area contributed by atoms with Crippen molar-refractivity contribution in [1.29, 1.82) is 0 Å². The molecular weight excluding hydrogens is 310 g/mol. The second kappa shape index (κ2) is 4.97. The standard InChI is InChI=1S/C13H14BrN3S/c1-9-15-12(14)6-13(16-9)17(11-2-3-11)7-10-4-5-18-8-10/h4-6,8,11H,2-3,7H2,1H3. The molecule has 0 bridgehead atoms. The van der Waals surface area contributed by atoms with Crippen molar-refractivity contribution in [3.05, 3.63) is 38.9 Å². The van der Waals surface area contributed by atoms with Crippen LogP contribution in [0.15, 0.2) is 27.5 Å². The molecule has 1 fully saturated rings. The van der Waals surface area contributed by atoms with Crippen LogP contribution in [-0.4, -0.2) is 16.0 Å². The molecule has 0 atom stereocenters. The summed E-state index contributed by atoms with van der Waals surface area (Å²) in [5, 5.41) is 4.33. The monoisotopic (exact) mass is 323 g/mol. The van der Waals surface area contributed by atoms with Crippen LogP contribution in [0.1, 0.15) is 24.2 Å². The fourth-order valence-electron chi connectivity index (χ4n) is 2.03. The minimum absolute atomic E-state index is 0.645. The molecule has 2 aromatic heterocycles. The molecule has 94 valence electrons. The number of hydrogen-bond acceptors (Lipinski definition) is 4. The van der Waals surface area contributed by atoms with Gasteiger partial charge in [0.25, 0.3) is 0 Å². The Morgan fingerprint density at radius 1 is 1.44 bits per heavy atom. The molecule has 3 nitrogen and oxygen atoms in total. The number of anilines is 1. The molecule has 0 radical (unpaired) electrons. The third-order valence-electron chi connectivity index (χ3n) is 3.01. The van der Waals surface area contributed by atoms with Crippen molar-refractivity contribution >= 4 is 33.1 Å². The van der Waals surface area contributed by atoms with E-state index in [1.54, 1.807) is 11.3 Å². The first-order valence-corrected chi connectivity index (χ1v) is 7.75. The van der Waals surface area contributed by atoms with Gasteiger partial charge in [0.15, 0.2) is 0 Å². The van der Waals surface area contributed by atoms with Gasteiger partial charge in [0.1, 0.15) is 16.2 Å². The summed E-state index contributed by atoms with van der Waals surface area (Å²) in [6.45, 7) is 2.88. The van der Waals surface area contributed by atoms with Crippen LogP contribution in [0.3, 0.4) is 0 Å². The van der Waals surface area contributed by atoms with Crippen molar-refractivity contribution in [2.24, 2.45) is 0 Å². The zero-order valence-electron chi connectivity index (χ0n) is 10.1. The Bertz CT molecular complexity index is 517. The van der Waals surface area contributed by atoms with Crippen LogP contribution < -0.4 is 4.90 Å². The summed E-state index contributed by atoms with van der Waals surface area (Å²) in [5.41, 5.74) is 1.36. The third-order valence-corrected chi connectivity index (χ3v) is 4.15. The minimum Gasteiger partial charge on any atom is -0.349 e. The average molecular weight is 324 g/mol. The van der Waals surface area contributed by atoms with E-state index in [-0.39, 0.29) is 0 Å². The normalized spacial score (nSPS) is 14.8. The molecule has 1 aliphatic rings. The molecule has 0 amide bonds. The molecule has 0 N–H and O–H groups in total. The lowest BCUT2D eigenvalue weighted by atomic mass is 10.3. The van der Waals surface area contributed by atoms with Gasteiger partial charge in [-0.1, -0.05) is 0 Å². The van der Waals surface area contributed by atoms with E-state index in [0.29, 0.717) is 6.04 Å². The highest BCUT2D eigenvalue weighted by Crippen LogP contribution is 2.33. The molecule has 0 aromatic carbocycles. The van der Waals surface area contributed by atoms with E-state index >= 15 is 0 Å². The van der Waals surface area contributed by atoms with Gasteiger partial charge in [-0.2, -0.15) is 11.3 Å². The zero-order chi connectivity index (χ0) is 12.5. The van der Waals surface area contributed by atoms with E-state index in [9.17, 15) is 0 Å². The predicted octanol–water partition coefficient (Wildman–Crippen LogP) is 3.78. The van der Waals surface area contributed by atoms with Gasteiger partial charge in [-0.3, -0.25) is 0 Å². The van der Waals surface area contributed by atoms with E-state index in [4.69, 9.17) is 0 Å². The molecule has 2 aromatic rings. The van der Waals surface area contributed by atoms with Crippen molar-refractivity contribution in [2.45, 2.75) is 32.4 Å². The number of thiophene rings is 1. The largest absolute Gasteiger partial charge is 0.349 e. The van der Waals surface area contributed by atoms with Crippen molar-refractivity contribution in [3.63, 3.8) is 0 Å². The highest BCUT2D eigenvalue weighted by molar-refractivity contribution is 9.10. The molecular formula is C13H14BrN3S. The van der Waals surface area contributed by atoms with Crippen LogP contribution >= 0.6 is 27.3 Å². The first-order valence-electron chi connectivity index (χ1n) is 6.01. The topological polar surface area (TPSA) is 29.0 Å². The van der Waals surface area contributed by atoms with E-state index in [2.05, 4.69) is 47.6 Å². The van der Waals surface area contributed by atoms with E-state index in [0.717, 1.165) is 22.8 Å². The van der Waals surface area contributed by atoms with E-state index < -0.39 is 0 Å². The van der Waals surface area contributed by atoms with Crippen LogP contribution in [0.5, 0.6) is 0 Å². The highest BCUT2D eigenvalue weighted by atomic mass is 79.9. The van der Waals surface area contributed by atoms with Crippen LogP contribution in [0.25, 0.3) is 0 Å². The summed E-state index contributed by atoms with van der Waals surface area (Å²) < 4.78 is 0.862. The first-order chi connectivity index (χ1) is 8.72. The van der Waals surface area contributed by atoms with Gasteiger partial charge in [-0.05, 0) is 58.1 Å². The molecule has 0 unspecified atom stereocenters. The quantitative estimate of drug-likeness (QED) is 0.802. The third kappa shape index (κ3) is 2.72. The number of aromatic nitrogens is 2. The van der Waals surface area contributed by atoms with Gasteiger partial charge in [0.05, 0.1) is 0 Å². The van der Waals surface area contributed by atoms with Crippen molar-refractivity contribution in [2.75, 3.05) is 4.90 Å². The first kappa shape index (κ1) is 12.1.